The van der Waals surface area contributed by atoms with E-state index in [2.05, 4.69) is 17.4 Å². The van der Waals surface area contributed by atoms with Crippen LogP contribution in [0, 0.1) is 5.92 Å². The lowest BCUT2D eigenvalue weighted by Gasteiger charge is -2.35. The number of methoxy groups -OCH3 is 1. The van der Waals surface area contributed by atoms with E-state index in [4.69, 9.17) is 4.74 Å². The van der Waals surface area contributed by atoms with Crippen LogP contribution in [0.3, 0.4) is 0 Å². The number of amides is 3. The van der Waals surface area contributed by atoms with Gasteiger partial charge >= 0.3 is 6.03 Å². The predicted octanol–water partition coefficient (Wildman–Crippen LogP) is 4.30. The highest BCUT2D eigenvalue weighted by Gasteiger charge is 2.36. The zero-order chi connectivity index (χ0) is 20.9. The second-order valence-corrected chi connectivity index (χ2v) is 8.04. The second kappa shape index (κ2) is 9.20. The number of ether oxygens (including phenoxy) is 1. The molecule has 2 aliphatic rings. The van der Waals surface area contributed by atoms with Gasteiger partial charge in [0.1, 0.15) is 5.75 Å². The fraction of sp³-hybridized carbons (Fsp3) is 0.417. The molecule has 2 atom stereocenters. The Morgan fingerprint density at radius 3 is 2.43 bits per heavy atom. The van der Waals surface area contributed by atoms with E-state index < -0.39 is 0 Å². The number of benzene rings is 2. The van der Waals surface area contributed by atoms with Crippen LogP contribution in [0.4, 0.5) is 10.5 Å². The number of nitrogens with zero attached hydrogens (tertiary/aromatic N) is 2. The molecule has 1 N–H and O–H groups in total. The first kappa shape index (κ1) is 20.3. The molecule has 6 heteroatoms. The number of carbonyl (C=O) groups excluding carboxylic acids is 2. The summed E-state index contributed by atoms with van der Waals surface area (Å²) in [7, 11) is 1.66. The van der Waals surface area contributed by atoms with Gasteiger partial charge in [-0.15, -0.1) is 0 Å². The summed E-state index contributed by atoms with van der Waals surface area (Å²) in [6.45, 7) is 1.94. The first-order valence-corrected chi connectivity index (χ1v) is 10.7. The summed E-state index contributed by atoms with van der Waals surface area (Å²) >= 11 is 0. The molecule has 4 rings (SSSR count). The maximum absolute atomic E-state index is 13.4. The molecule has 0 aliphatic carbocycles. The van der Waals surface area contributed by atoms with Crippen molar-refractivity contribution in [3.05, 3.63) is 60.2 Å². The van der Waals surface area contributed by atoms with Gasteiger partial charge in [-0.05, 0) is 55.5 Å². The average Bonchev–Trinajstić information content (AvgIpc) is 3.29. The first-order valence-electron chi connectivity index (χ1n) is 10.7. The van der Waals surface area contributed by atoms with Crippen LogP contribution in [0.1, 0.15) is 37.3 Å². The van der Waals surface area contributed by atoms with Crippen LogP contribution >= 0.6 is 0 Å². The number of urea groups is 1. The van der Waals surface area contributed by atoms with Crippen molar-refractivity contribution in [2.75, 3.05) is 32.1 Å². The van der Waals surface area contributed by atoms with Crippen molar-refractivity contribution in [2.24, 2.45) is 5.92 Å². The third kappa shape index (κ3) is 4.42. The minimum Gasteiger partial charge on any atom is -0.497 e. The van der Waals surface area contributed by atoms with E-state index in [1.165, 1.54) is 0 Å². The van der Waals surface area contributed by atoms with E-state index in [1.54, 1.807) is 12.0 Å². The molecular weight excluding hydrogens is 378 g/mol. The molecule has 0 saturated carbocycles. The Hall–Kier alpha value is -3.02. The fourth-order valence-electron chi connectivity index (χ4n) is 4.52. The quantitative estimate of drug-likeness (QED) is 0.822. The van der Waals surface area contributed by atoms with E-state index in [0.717, 1.165) is 49.2 Å². The predicted molar refractivity (Wildman–Crippen MR) is 116 cm³/mol. The second-order valence-electron chi connectivity index (χ2n) is 8.04. The molecule has 0 bridgehead atoms. The standard InChI is InChI=1S/C24H29N3O3/c1-30-21-13-11-18(12-14-21)22-10-6-16-27(22)23(28)19-7-5-15-26(17-19)24(29)25-20-8-3-2-4-9-20/h2-4,8-9,11-14,19,22H,5-7,10,15-17H2,1H3,(H,25,29)/t19-,22-/m1/s1. The van der Waals surface area contributed by atoms with Crippen molar-refractivity contribution in [3.8, 4) is 5.75 Å². The van der Waals surface area contributed by atoms with E-state index in [1.807, 2.05) is 47.4 Å². The molecule has 0 spiro atoms. The molecule has 2 fully saturated rings. The summed E-state index contributed by atoms with van der Waals surface area (Å²) < 4.78 is 5.25. The Kier molecular flexibility index (Phi) is 6.21. The molecule has 0 unspecified atom stereocenters. The van der Waals surface area contributed by atoms with Crippen molar-refractivity contribution in [1.29, 1.82) is 0 Å². The maximum atomic E-state index is 13.4. The van der Waals surface area contributed by atoms with E-state index in [9.17, 15) is 9.59 Å². The van der Waals surface area contributed by atoms with Gasteiger partial charge in [0.25, 0.3) is 0 Å². The number of para-hydroxylation sites is 1. The molecule has 6 nitrogen and oxygen atoms in total. The van der Waals surface area contributed by atoms with Gasteiger partial charge in [0.15, 0.2) is 0 Å². The van der Waals surface area contributed by atoms with Crippen LogP contribution in [0.25, 0.3) is 0 Å². The molecule has 30 heavy (non-hydrogen) atoms. The van der Waals surface area contributed by atoms with Gasteiger partial charge in [0.05, 0.1) is 19.1 Å². The summed E-state index contributed by atoms with van der Waals surface area (Å²) in [5, 5.41) is 2.94. The van der Waals surface area contributed by atoms with Crippen LogP contribution in [0.5, 0.6) is 5.75 Å². The first-order chi connectivity index (χ1) is 14.7. The van der Waals surface area contributed by atoms with Crippen LogP contribution < -0.4 is 10.1 Å². The highest BCUT2D eigenvalue weighted by molar-refractivity contribution is 5.90. The van der Waals surface area contributed by atoms with Gasteiger partial charge in [-0.25, -0.2) is 4.79 Å². The van der Waals surface area contributed by atoms with Gasteiger partial charge in [-0.2, -0.15) is 0 Å². The Bertz CT molecular complexity index is 869. The number of rotatable bonds is 4. The van der Waals surface area contributed by atoms with E-state index in [0.29, 0.717) is 13.1 Å². The van der Waals surface area contributed by atoms with Crippen LogP contribution in [0.15, 0.2) is 54.6 Å². The topological polar surface area (TPSA) is 61.9 Å². The molecule has 3 amide bonds. The summed E-state index contributed by atoms with van der Waals surface area (Å²) in [6.07, 6.45) is 3.66. The monoisotopic (exact) mass is 407 g/mol. The normalized spacial score (nSPS) is 21.4. The molecule has 2 saturated heterocycles. The van der Waals surface area contributed by atoms with Crippen molar-refractivity contribution in [3.63, 3.8) is 0 Å². The third-order valence-corrected chi connectivity index (χ3v) is 6.12. The van der Waals surface area contributed by atoms with Crippen molar-refractivity contribution >= 4 is 17.6 Å². The lowest BCUT2D eigenvalue weighted by atomic mass is 9.95. The number of hydrogen-bond donors (Lipinski definition) is 1. The molecule has 158 valence electrons. The Morgan fingerprint density at radius 2 is 1.70 bits per heavy atom. The lowest BCUT2D eigenvalue weighted by Crippen LogP contribution is -2.47. The molecular formula is C24H29N3O3. The molecule has 2 aromatic carbocycles. The van der Waals surface area contributed by atoms with Crippen molar-refractivity contribution in [1.82, 2.24) is 9.80 Å². The third-order valence-electron chi connectivity index (χ3n) is 6.12. The summed E-state index contributed by atoms with van der Waals surface area (Å²) in [5.74, 6) is 0.853. The largest absolute Gasteiger partial charge is 0.497 e. The van der Waals surface area contributed by atoms with Crippen LogP contribution in [-0.4, -0.2) is 48.5 Å². The Balaban J connectivity index is 1.41. The summed E-state index contributed by atoms with van der Waals surface area (Å²) in [6, 6.07) is 17.4. The van der Waals surface area contributed by atoms with Gasteiger partial charge in [-0.3, -0.25) is 4.79 Å². The zero-order valence-corrected chi connectivity index (χ0v) is 17.4. The smallest absolute Gasteiger partial charge is 0.321 e. The summed E-state index contributed by atoms with van der Waals surface area (Å²) in [4.78, 5) is 29.9. The maximum Gasteiger partial charge on any atom is 0.321 e. The molecule has 0 aromatic heterocycles. The van der Waals surface area contributed by atoms with Gasteiger partial charge < -0.3 is 19.9 Å². The van der Waals surface area contributed by atoms with Crippen molar-refractivity contribution < 1.29 is 14.3 Å². The minimum atomic E-state index is -0.140. The SMILES string of the molecule is COc1ccc([C@H]2CCCN2C(=O)[C@@H]2CCCN(C(=O)Nc3ccccc3)C2)cc1. The highest BCUT2D eigenvalue weighted by atomic mass is 16.5. The average molecular weight is 408 g/mol. The number of likely N-dealkylation sites (tertiary alicyclic amines) is 2. The molecule has 2 heterocycles. The number of carbonyl (C=O) groups is 2. The highest BCUT2D eigenvalue weighted by Crippen LogP contribution is 2.35. The van der Waals surface area contributed by atoms with Crippen molar-refractivity contribution in [2.45, 2.75) is 31.7 Å². The number of nitrogens with one attached hydrogen (secondary N) is 1. The number of hydrogen-bond acceptors (Lipinski definition) is 3. The molecule has 0 radical (unpaired) electrons. The molecule has 2 aliphatic heterocycles. The number of anilines is 1. The minimum absolute atomic E-state index is 0.108. The molecule has 2 aromatic rings. The van der Waals surface area contributed by atoms with Crippen LogP contribution in [-0.2, 0) is 4.79 Å². The van der Waals surface area contributed by atoms with Crippen LogP contribution in [0.2, 0.25) is 0 Å². The number of piperidine rings is 1. The Morgan fingerprint density at radius 1 is 0.967 bits per heavy atom. The Labute approximate surface area is 177 Å². The van der Waals surface area contributed by atoms with Gasteiger partial charge in [0, 0.05) is 25.3 Å². The van der Waals surface area contributed by atoms with Gasteiger partial charge in [-0.1, -0.05) is 30.3 Å². The summed E-state index contributed by atoms with van der Waals surface area (Å²) in [5.41, 5.74) is 1.92. The van der Waals surface area contributed by atoms with E-state index in [-0.39, 0.29) is 23.9 Å². The lowest BCUT2D eigenvalue weighted by molar-refractivity contribution is -0.137. The van der Waals surface area contributed by atoms with Gasteiger partial charge in [0.2, 0.25) is 5.91 Å². The van der Waals surface area contributed by atoms with E-state index >= 15 is 0 Å². The zero-order valence-electron chi connectivity index (χ0n) is 17.4. The fourth-order valence-corrected chi connectivity index (χ4v) is 4.52.